The van der Waals surface area contributed by atoms with E-state index in [2.05, 4.69) is 44.9 Å². The van der Waals surface area contributed by atoms with E-state index in [1.54, 1.807) is 30.1 Å². The topological polar surface area (TPSA) is 134 Å². The summed E-state index contributed by atoms with van der Waals surface area (Å²) in [5.74, 6) is 0.952. The molecule has 9 nitrogen and oxygen atoms in total. The lowest BCUT2D eigenvalue weighted by Crippen LogP contribution is -2.36. The third-order valence-corrected chi connectivity index (χ3v) is 6.95. The number of benzene rings is 1. The number of pyridine rings is 1. The lowest BCUT2D eigenvalue weighted by atomic mass is 9.89. The molecule has 6 N–H and O–H groups in total. The Hall–Kier alpha value is -2.95. The average molecular weight is 500 g/mol. The van der Waals surface area contributed by atoms with Gasteiger partial charge in [0.2, 0.25) is 12.3 Å². The number of nitrogens with zero attached hydrogens (tertiary/aromatic N) is 2. The number of amides is 2. The minimum Gasteiger partial charge on any atom is -0.384 e. The molecule has 0 saturated carbocycles. The summed E-state index contributed by atoms with van der Waals surface area (Å²) in [6, 6.07) is 9.64. The van der Waals surface area contributed by atoms with E-state index in [1.165, 1.54) is 0 Å². The van der Waals surface area contributed by atoms with Crippen molar-refractivity contribution in [1.29, 1.82) is 0 Å². The monoisotopic (exact) mass is 499 g/mol. The summed E-state index contributed by atoms with van der Waals surface area (Å²) in [6.07, 6.45) is 3.62. The van der Waals surface area contributed by atoms with Gasteiger partial charge in [0, 0.05) is 29.8 Å². The van der Waals surface area contributed by atoms with Gasteiger partial charge in [-0.25, -0.2) is 4.98 Å². The van der Waals surface area contributed by atoms with Crippen molar-refractivity contribution < 1.29 is 9.59 Å². The molecule has 1 aromatic heterocycles. The first-order valence-corrected chi connectivity index (χ1v) is 12.6. The molecule has 35 heavy (non-hydrogen) atoms. The highest BCUT2D eigenvalue weighted by atomic mass is 32.2. The maximum Gasteiger partial charge on any atom is 0.231 e. The molecule has 1 heterocycles. The van der Waals surface area contributed by atoms with E-state index in [9.17, 15) is 9.59 Å². The fourth-order valence-electron chi connectivity index (χ4n) is 3.64. The van der Waals surface area contributed by atoms with Gasteiger partial charge in [-0.15, -0.1) is 11.8 Å². The number of hydrogen-bond acceptors (Lipinski definition) is 8. The van der Waals surface area contributed by atoms with Gasteiger partial charge in [0.15, 0.2) is 0 Å². The molecule has 10 heteroatoms. The quantitative estimate of drug-likeness (QED) is 0.136. The van der Waals surface area contributed by atoms with Crippen molar-refractivity contribution in [2.45, 2.75) is 36.6 Å². The van der Waals surface area contributed by atoms with Crippen molar-refractivity contribution in [3.8, 4) is 0 Å². The molecule has 2 amide bonds. The molecule has 0 aliphatic carbocycles. The molecule has 1 aromatic carbocycles. The van der Waals surface area contributed by atoms with Crippen molar-refractivity contribution in [3.05, 3.63) is 42.1 Å². The molecular weight excluding hydrogens is 462 g/mol. The number of aromatic nitrogens is 1. The van der Waals surface area contributed by atoms with Crippen molar-refractivity contribution in [3.63, 3.8) is 0 Å². The minimum atomic E-state index is -0.403. The zero-order valence-electron chi connectivity index (χ0n) is 20.7. The Morgan fingerprint density at radius 2 is 2.03 bits per heavy atom. The second-order valence-corrected chi connectivity index (χ2v) is 9.52. The van der Waals surface area contributed by atoms with Crippen LogP contribution in [0.15, 0.2) is 46.4 Å². The number of anilines is 2. The predicted molar refractivity (Wildman–Crippen MR) is 146 cm³/mol. The summed E-state index contributed by atoms with van der Waals surface area (Å²) in [7, 11) is 3.88. The molecule has 0 spiro atoms. The van der Waals surface area contributed by atoms with E-state index < -0.39 is 5.92 Å². The third-order valence-electron chi connectivity index (χ3n) is 5.72. The van der Waals surface area contributed by atoms with Gasteiger partial charge >= 0.3 is 0 Å². The van der Waals surface area contributed by atoms with Crippen LogP contribution in [0.1, 0.15) is 31.2 Å². The molecule has 2 aromatic rings. The fourth-order valence-corrected chi connectivity index (χ4v) is 4.74. The Morgan fingerprint density at radius 3 is 2.66 bits per heavy atom. The van der Waals surface area contributed by atoms with Gasteiger partial charge in [-0.3, -0.25) is 14.6 Å². The second kappa shape index (κ2) is 15.1. The van der Waals surface area contributed by atoms with E-state index in [4.69, 9.17) is 5.73 Å². The summed E-state index contributed by atoms with van der Waals surface area (Å²) in [5.41, 5.74) is 7.88. The summed E-state index contributed by atoms with van der Waals surface area (Å²) in [5, 5.41) is 12.2. The Labute approximate surface area is 212 Å². The molecule has 0 saturated heterocycles. The third kappa shape index (κ3) is 9.31. The first-order valence-electron chi connectivity index (χ1n) is 11.7. The minimum absolute atomic E-state index is 0.133. The number of rotatable bonds is 16. The van der Waals surface area contributed by atoms with Crippen molar-refractivity contribution in [1.82, 2.24) is 20.9 Å². The molecule has 0 radical (unpaired) electrons. The summed E-state index contributed by atoms with van der Waals surface area (Å²) < 4.78 is 0. The van der Waals surface area contributed by atoms with Crippen LogP contribution in [0.3, 0.4) is 0 Å². The van der Waals surface area contributed by atoms with Crippen LogP contribution in [0.2, 0.25) is 0 Å². The summed E-state index contributed by atoms with van der Waals surface area (Å²) in [4.78, 5) is 33.3. The first-order chi connectivity index (χ1) is 16.9. The second-order valence-electron chi connectivity index (χ2n) is 8.46. The lowest BCUT2D eigenvalue weighted by Gasteiger charge is -2.21. The highest BCUT2D eigenvalue weighted by Gasteiger charge is 2.23. The van der Waals surface area contributed by atoms with E-state index in [0.717, 1.165) is 34.9 Å². The lowest BCUT2D eigenvalue weighted by molar-refractivity contribution is -0.118. The molecule has 2 rings (SSSR count). The molecule has 0 fully saturated rings. The highest BCUT2D eigenvalue weighted by Crippen LogP contribution is 2.35. The van der Waals surface area contributed by atoms with E-state index in [-0.39, 0.29) is 11.8 Å². The van der Waals surface area contributed by atoms with E-state index >= 15 is 0 Å². The molecule has 3 atom stereocenters. The molecule has 190 valence electrons. The Bertz CT molecular complexity index is 955. The normalized spacial score (nSPS) is 13.5. The van der Waals surface area contributed by atoms with Gasteiger partial charge < -0.3 is 27.0 Å². The smallest absolute Gasteiger partial charge is 0.231 e. The van der Waals surface area contributed by atoms with Crippen LogP contribution in [0.4, 0.5) is 17.2 Å². The Kier molecular flexibility index (Phi) is 12.2. The van der Waals surface area contributed by atoms with Crippen LogP contribution in [-0.2, 0) is 9.59 Å². The number of aliphatic imine (C=N–C) groups is 1. The Morgan fingerprint density at radius 1 is 1.23 bits per heavy atom. The van der Waals surface area contributed by atoms with Gasteiger partial charge in [-0.1, -0.05) is 13.0 Å². The standard InChI is InChI=1S/C25H37N7O2S/c1-17(12-30-16-33)5-8-21(25(34)32-19-7-10-24(26)31-14-19)18-6-9-23(22(11-18)29-4)35-15-20(28-3)13-27-2/h6-7,9-11,14,16-17,20-21,27-28H,4-5,8,12-13,15H2,1-3H3,(H2,26,31)(H,30,33)(H,32,34)/t17?,20?,21-/m1/s1. The SMILES string of the molecule is C=Nc1cc([C@@H](CCC(C)CNC=O)C(=O)Nc2ccc(N)nc2)ccc1SCC(CNC)NC. The van der Waals surface area contributed by atoms with Crippen LogP contribution < -0.4 is 27.0 Å². The van der Waals surface area contributed by atoms with E-state index in [0.29, 0.717) is 36.9 Å². The van der Waals surface area contributed by atoms with Gasteiger partial charge in [-0.2, -0.15) is 0 Å². The predicted octanol–water partition coefficient (Wildman–Crippen LogP) is 2.78. The highest BCUT2D eigenvalue weighted by molar-refractivity contribution is 7.99. The van der Waals surface area contributed by atoms with Gasteiger partial charge in [-0.05, 0) is 69.4 Å². The molecule has 0 aliphatic heterocycles. The van der Waals surface area contributed by atoms with Crippen LogP contribution in [0.25, 0.3) is 0 Å². The van der Waals surface area contributed by atoms with Crippen molar-refractivity contribution in [2.24, 2.45) is 10.9 Å². The summed E-state index contributed by atoms with van der Waals surface area (Å²) in [6.45, 7) is 7.22. The number of nitrogen functional groups attached to an aromatic ring is 1. The van der Waals surface area contributed by atoms with Crippen LogP contribution >= 0.6 is 11.8 Å². The fraction of sp³-hybridized carbons (Fsp3) is 0.440. The maximum atomic E-state index is 13.3. The maximum absolute atomic E-state index is 13.3. The average Bonchev–Trinajstić information content (AvgIpc) is 2.87. The molecule has 0 aliphatic rings. The largest absolute Gasteiger partial charge is 0.384 e. The molecule has 2 unspecified atom stereocenters. The molecule has 0 bridgehead atoms. The van der Waals surface area contributed by atoms with Crippen LogP contribution in [0, 0.1) is 5.92 Å². The van der Waals surface area contributed by atoms with Gasteiger partial charge in [0.25, 0.3) is 0 Å². The number of likely N-dealkylation sites (N-methyl/N-ethyl adjacent to an activating group) is 2. The van der Waals surface area contributed by atoms with Crippen molar-refractivity contribution in [2.75, 3.05) is 44.0 Å². The number of hydrogen-bond donors (Lipinski definition) is 5. The van der Waals surface area contributed by atoms with Crippen molar-refractivity contribution >= 4 is 48.0 Å². The first kappa shape index (κ1) is 28.3. The number of carbonyl (C=O) groups excluding carboxylic acids is 2. The number of nitrogens with two attached hydrogens (primary N) is 1. The number of thioether (sulfide) groups is 1. The van der Waals surface area contributed by atoms with E-state index in [1.807, 2.05) is 32.3 Å². The Balaban J connectivity index is 2.23. The number of carbonyl (C=O) groups is 2. The van der Waals surface area contributed by atoms with Crippen LogP contribution in [-0.4, -0.2) is 63.0 Å². The molecular formula is C25H37N7O2S. The number of nitrogens with one attached hydrogen (secondary N) is 4. The summed E-state index contributed by atoms with van der Waals surface area (Å²) >= 11 is 1.71. The zero-order chi connectivity index (χ0) is 25.6. The van der Waals surface area contributed by atoms with Gasteiger partial charge in [0.05, 0.1) is 23.5 Å². The van der Waals surface area contributed by atoms with Gasteiger partial charge in [0.1, 0.15) is 5.82 Å². The van der Waals surface area contributed by atoms with Crippen LogP contribution in [0.5, 0.6) is 0 Å². The zero-order valence-corrected chi connectivity index (χ0v) is 21.5.